The molecule has 4 aromatic carbocycles. The number of rotatable bonds is 25. The van der Waals surface area contributed by atoms with E-state index < -0.39 is 9.84 Å². The largest absolute Gasteiger partial charge is 0.460 e. The van der Waals surface area contributed by atoms with Crippen LogP contribution in [0.5, 0.6) is 6.01 Å². The fourth-order valence-electron chi connectivity index (χ4n) is 13.1. The van der Waals surface area contributed by atoms with E-state index in [1.807, 2.05) is 101 Å². The standard InChI is InChI=1S/C26H37N7O3.C22H30N6O2S.C21H28N6O.C20H29N5O/c1-17-8-9-18(24(34)31-35-7)14-21(17)28-22-20(15-27)23(33(6)16-26(2,3)4)30-25(29-22)36-19-10-12-32(5)13-11-19;1-14-9-10-16(15(2)24-6)11-18(14)25-19-17(12-23)20(28(7)13-22(3,4)5)27-21(26-19)31(8,29)30;1-13-8-9-15(20(28)23-6)10-17(13)26-18-16(11-22)19(25-14(2)24-18)27(7)12-21(3,4)5;1-13-7-8-14(19(26)22-5)11-15(13)24-18-17(21)16(9-10-23-18)25(6)12-20(2,3)4/h8-9,14,19H,10-13,16H2,1-7H3,(H,31,34)(H,28,29,30);9-11,24H,2,13H2,1,3-8H3,(H,25,26,27);8-10H,12H2,1-7H3,(H,23,28)(H,24,25,26);7-11H,12,21H2,1-6H3,(H,22,26)(H,23,24). The zero-order chi connectivity index (χ0) is 90.6. The lowest BCUT2D eigenvalue weighted by atomic mass is 9.96. The molecule has 9 rings (SSSR count). The quantitative estimate of drug-likeness (QED) is 0.0189. The third kappa shape index (κ3) is 28.6. The van der Waals surface area contributed by atoms with Gasteiger partial charge in [-0.3, -0.25) is 19.2 Å². The van der Waals surface area contributed by atoms with E-state index in [0.717, 1.165) is 95.9 Å². The number of hydrogen-bond donors (Lipinski definition) is 9. The first-order valence-electron chi connectivity index (χ1n) is 39.7. The number of benzene rings is 4. The van der Waals surface area contributed by atoms with Crippen molar-refractivity contribution >= 4 is 108 Å². The molecule has 8 aromatic rings. The molecule has 0 bridgehead atoms. The highest BCUT2D eigenvalue weighted by Crippen LogP contribution is 2.38. The molecular formula is C89H124N24O7S. The van der Waals surface area contributed by atoms with Crippen molar-refractivity contribution < 1.29 is 32.4 Å². The second-order valence-electron chi connectivity index (χ2n) is 35.1. The molecule has 10 N–H and O–H groups in total. The van der Waals surface area contributed by atoms with Gasteiger partial charge in [-0.1, -0.05) is 120 Å². The third-order valence-electron chi connectivity index (χ3n) is 18.7. The number of aromatic nitrogens is 7. The van der Waals surface area contributed by atoms with Crippen LogP contribution in [0.25, 0.3) is 5.70 Å². The van der Waals surface area contributed by atoms with Crippen LogP contribution in [0.2, 0.25) is 0 Å². The molecule has 5 heterocycles. The Hall–Kier alpha value is -12.4. The number of likely N-dealkylation sites (tertiary alicyclic amines) is 1. The summed E-state index contributed by atoms with van der Waals surface area (Å²) in [4.78, 5) is 82.0. The minimum absolute atomic E-state index is 0.00515. The summed E-state index contributed by atoms with van der Waals surface area (Å²) in [6, 6.07) is 30.6. The number of nitriles is 3. The number of anilines is 13. The number of sulfone groups is 1. The highest BCUT2D eigenvalue weighted by Gasteiger charge is 2.30. The summed E-state index contributed by atoms with van der Waals surface area (Å²) in [5.74, 6) is 2.74. The number of carbonyl (C=O) groups excluding carboxylic acids is 3. The highest BCUT2D eigenvalue weighted by molar-refractivity contribution is 7.90. The van der Waals surface area contributed by atoms with Crippen molar-refractivity contribution in [3.8, 4) is 24.2 Å². The first kappa shape index (κ1) is 97.4. The summed E-state index contributed by atoms with van der Waals surface area (Å²) >= 11 is 0. The van der Waals surface area contributed by atoms with Crippen molar-refractivity contribution in [1.82, 2.24) is 61.2 Å². The molecule has 1 aliphatic rings. The van der Waals surface area contributed by atoms with E-state index in [9.17, 15) is 38.6 Å². The number of hydroxylamine groups is 1. The SMILES string of the molecule is C=C(NC)c1ccc(C)c(Nc2nc(S(C)(=O)=O)nc(N(C)CC(C)(C)C)c2C#N)c1.CNC(=O)c1ccc(C)c(Nc2nc(C)nc(N(C)CC(C)(C)C)c2C#N)c1.CNC(=O)c1ccc(C)c(Nc2nccc(N(C)CC(C)(C)C)c2N)c1.CONC(=O)c1ccc(C)c(Nc2nc(OC3CCN(C)CC3)nc(N(C)CC(C)(C)C)c2C#N)c1. The number of aryl methyl sites for hydroxylation is 5. The van der Waals surface area contributed by atoms with Crippen molar-refractivity contribution in [2.45, 2.75) is 142 Å². The van der Waals surface area contributed by atoms with Gasteiger partial charge in [0, 0.05) is 146 Å². The van der Waals surface area contributed by atoms with E-state index >= 15 is 0 Å². The number of nitrogen functional groups attached to an aromatic ring is 1. The Morgan fingerprint density at radius 3 is 1.27 bits per heavy atom. The minimum Gasteiger partial charge on any atom is -0.460 e. The average molecular weight is 1670 g/mol. The Kier molecular flexibility index (Phi) is 33.8. The van der Waals surface area contributed by atoms with Gasteiger partial charge in [0.15, 0.2) is 40.7 Å². The molecule has 121 heavy (non-hydrogen) atoms. The molecule has 4 aromatic heterocycles. The molecule has 0 saturated carbocycles. The normalized spacial score (nSPS) is 12.3. The van der Waals surface area contributed by atoms with Gasteiger partial charge < -0.3 is 72.2 Å². The van der Waals surface area contributed by atoms with E-state index in [1.165, 1.54) is 7.11 Å². The molecule has 0 aliphatic carbocycles. The summed E-state index contributed by atoms with van der Waals surface area (Å²) < 4.78 is 30.8. The third-order valence-corrected chi connectivity index (χ3v) is 19.5. The van der Waals surface area contributed by atoms with E-state index in [-0.39, 0.29) is 73.9 Å². The predicted octanol–water partition coefficient (Wildman–Crippen LogP) is 14.2. The van der Waals surface area contributed by atoms with Crippen LogP contribution in [0, 0.1) is 90.3 Å². The summed E-state index contributed by atoms with van der Waals surface area (Å²) in [6.45, 7) is 43.8. The van der Waals surface area contributed by atoms with Crippen LogP contribution in [0.4, 0.5) is 74.8 Å². The van der Waals surface area contributed by atoms with Crippen molar-refractivity contribution in [3.05, 3.63) is 159 Å². The van der Waals surface area contributed by atoms with Crippen molar-refractivity contribution in [2.75, 3.05) is 156 Å². The van der Waals surface area contributed by atoms with E-state index in [0.29, 0.717) is 92.9 Å². The lowest BCUT2D eigenvalue weighted by Crippen LogP contribution is -2.36. The number of pyridine rings is 1. The van der Waals surface area contributed by atoms with Crippen LogP contribution in [-0.4, -0.2) is 181 Å². The topological polar surface area (TPSA) is 404 Å². The molecule has 0 atom stereocenters. The van der Waals surface area contributed by atoms with Gasteiger partial charge in [-0.2, -0.15) is 35.7 Å². The zero-order valence-electron chi connectivity index (χ0n) is 75.6. The molecule has 0 spiro atoms. The number of carbonyl (C=O) groups is 3. The van der Waals surface area contributed by atoms with Crippen molar-refractivity contribution in [1.29, 1.82) is 15.8 Å². The predicted molar refractivity (Wildman–Crippen MR) is 486 cm³/mol. The summed E-state index contributed by atoms with van der Waals surface area (Å²) in [7, 11) is 12.4. The maximum absolute atomic E-state index is 12.3. The first-order valence-corrected chi connectivity index (χ1v) is 41.6. The lowest BCUT2D eigenvalue weighted by Gasteiger charge is -2.30. The molecule has 3 amide bonds. The van der Waals surface area contributed by atoms with E-state index in [4.69, 9.17) is 15.3 Å². The van der Waals surface area contributed by atoms with Crippen LogP contribution in [-0.2, 0) is 14.7 Å². The molecule has 32 heteroatoms. The van der Waals surface area contributed by atoms with Crippen LogP contribution in [0.3, 0.4) is 0 Å². The smallest absolute Gasteiger partial charge is 0.320 e. The summed E-state index contributed by atoms with van der Waals surface area (Å²) in [6.07, 6.45) is 4.56. The Bertz CT molecular complexity index is 5270. The number of nitrogens with one attached hydrogen (secondary N) is 8. The van der Waals surface area contributed by atoms with Gasteiger partial charge >= 0.3 is 6.01 Å². The number of nitrogens with zero attached hydrogens (tertiary/aromatic N) is 15. The van der Waals surface area contributed by atoms with Crippen molar-refractivity contribution in [2.24, 2.45) is 21.7 Å². The van der Waals surface area contributed by atoms with Gasteiger partial charge in [0.05, 0.1) is 18.5 Å². The first-order chi connectivity index (χ1) is 56.4. The molecular weight excluding hydrogens is 1550 g/mol. The molecule has 1 fully saturated rings. The summed E-state index contributed by atoms with van der Waals surface area (Å²) in [5, 5.41) is 50.7. The van der Waals surface area contributed by atoms with Crippen LogP contribution in [0.1, 0.15) is 177 Å². The Morgan fingerprint density at radius 2 is 0.884 bits per heavy atom. The van der Waals surface area contributed by atoms with Gasteiger partial charge in [-0.25, -0.2) is 28.8 Å². The molecule has 1 aliphatic heterocycles. The zero-order valence-corrected chi connectivity index (χ0v) is 76.4. The fourth-order valence-corrected chi connectivity index (χ4v) is 13.6. The number of amides is 3. The highest BCUT2D eigenvalue weighted by atomic mass is 32.2. The molecule has 31 nitrogen and oxygen atoms in total. The molecule has 1 saturated heterocycles. The van der Waals surface area contributed by atoms with Crippen LogP contribution in [0.15, 0.2) is 96.8 Å². The Balaban J connectivity index is 0.000000252. The molecule has 0 unspecified atom stereocenters. The Labute approximate surface area is 715 Å². The van der Waals surface area contributed by atoms with Crippen molar-refractivity contribution in [3.63, 3.8) is 0 Å². The number of piperidine rings is 1. The number of ether oxygens (including phenoxy) is 1. The number of hydrogen-bond acceptors (Lipinski definition) is 28. The van der Waals surface area contributed by atoms with Gasteiger partial charge in [-0.05, 0) is 153 Å². The van der Waals surface area contributed by atoms with Gasteiger partial charge in [-0.15, -0.1) is 0 Å². The van der Waals surface area contributed by atoms with E-state index in [1.54, 1.807) is 82.6 Å². The van der Waals surface area contributed by atoms with Gasteiger partial charge in [0.25, 0.3) is 22.9 Å². The summed E-state index contributed by atoms with van der Waals surface area (Å²) in [5.41, 5.74) is 20.9. The Morgan fingerprint density at radius 1 is 0.521 bits per heavy atom. The van der Waals surface area contributed by atoms with E-state index in [2.05, 4.69) is 202 Å². The van der Waals surface area contributed by atoms with Gasteiger partial charge in [0.2, 0.25) is 9.84 Å². The second kappa shape index (κ2) is 42.0. The molecule has 0 radical (unpaired) electrons. The van der Waals surface area contributed by atoms with Gasteiger partial charge in [0.1, 0.15) is 46.8 Å². The molecule has 648 valence electrons. The lowest BCUT2D eigenvalue weighted by molar-refractivity contribution is 0.0537. The average Bonchev–Trinajstić information content (AvgIpc) is 0.818. The number of nitrogens with two attached hydrogens (primary N) is 1. The van der Waals surface area contributed by atoms with Crippen LogP contribution < -0.4 is 72.8 Å². The maximum atomic E-state index is 12.3. The van der Waals surface area contributed by atoms with Crippen LogP contribution >= 0.6 is 0 Å². The monoisotopic (exact) mass is 1670 g/mol. The minimum atomic E-state index is -3.70. The maximum Gasteiger partial charge on any atom is 0.320 e. The fraction of sp³-hybridized carbons (Fsp3) is 0.449. The second-order valence-corrected chi connectivity index (χ2v) is 37.0.